The number of fused-ring (bicyclic) bond motifs is 1. The highest BCUT2D eigenvalue weighted by Crippen LogP contribution is 2.27. The minimum Gasteiger partial charge on any atom is -0.305 e. The summed E-state index contributed by atoms with van der Waals surface area (Å²) in [6.45, 7) is 3.70. The maximum atomic E-state index is 13.7. The molecular formula is C25H21FN6O. The molecule has 7 nitrogen and oxygen atoms in total. The zero-order valence-electron chi connectivity index (χ0n) is 18.4. The number of carbonyl (C=O) groups is 1. The first-order valence-corrected chi connectivity index (χ1v) is 10.4. The second-order valence-corrected chi connectivity index (χ2v) is 7.85. The molecule has 0 aliphatic rings. The summed E-state index contributed by atoms with van der Waals surface area (Å²) in [5, 5.41) is 12.5. The highest BCUT2D eigenvalue weighted by molar-refractivity contribution is 6.13. The Morgan fingerprint density at radius 3 is 2.52 bits per heavy atom. The molecule has 1 amide bonds. The van der Waals surface area contributed by atoms with Gasteiger partial charge in [-0.15, -0.1) is 5.10 Å². The first-order chi connectivity index (χ1) is 15.9. The van der Waals surface area contributed by atoms with E-state index in [0.717, 1.165) is 11.3 Å². The van der Waals surface area contributed by atoms with Crippen molar-refractivity contribution in [3.8, 4) is 16.9 Å². The Balaban J connectivity index is 1.56. The molecule has 33 heavy (non-hydrogen) atoms. The van der Waals surface area contributed by atoms with Gasteiger partial charge in [0.15, 0.2) is 11.5 Å². The fraction of sp³-hybridized carbons (Fsp3) is 0.120. The number of benzene rings is 2. The van der Waals surface area contributed by atoms with E-state index in [-0.39, 0.29) is 11.7 Å². The predicted molar refractivity (Wildman–Crippen MR) is 125 cm³/mol. The fourth-order valence-corrected chi connectivity index (χ4v) is 3.97. The molecule has 3 heterocycles. The second kappa shape index (κ2) is 7.98. The largest absolute Gasteiger partial charge is 0.305 e. The summed E-state index contributed by atoms with van der Waals surface area (Å²) in [7, 11) is 1.81. The summed E-state index contributed by atoms with van der Waals surface area (Å²) in [4.78, 5) is 18.1. The number of anilines is 1. The molecule has 0 saturated carbocycles. The van der Waals surface area contributed by atoms with Crippen LogP contribution in [0.25, 0.3) is 28.0 Å². The van der Waals surface area contributed by atoms with Gasteiger partial charge in [0.1, 0.15) is 5.82 Å². The molecule has 0 spiro atoms. The standard InChI is InChI=1S/C25H21FN6O/c1-15-12-22(30-32(15)19-11-7-10-18(26)13-19)28-25(33)20-14-21(17-8-5-4-6-9-17)27-24-23(20)16(2)29-31(24)3/h4-14H,1-3H3,(H,28,30,33). The van der Waals surface area contributed by atoms with Gasteiger partial charge in [0, 0.05) is 24.4 Å². The lowest BCUT2D eigenvalue weighted by Crippen LogP contribution is -2.14. The Morgan fingerprint density at radius 1 is 0.970 bits per heavy atom. The summed E-state index contributed by atoms with van der Waals surface area (Å²) in [5.74, 6) is -0.304. The molecule has 0 atom stereocenters. The van der Waals surface area contributed by atoms with Gasteiger partial charge in [-0.2, -0.15) is 5.10 Å². The third-order valence-electron chi connectivity index (χ3n) is 5.46. The van der Waals surface area contributed by atoms with Crippen molar-refractivity contribution in [1.29, 1.82) is 0 Å². The molecule has 0 unspecified atom stereocenters. The van der Waals surface area contributed by atoms with Crippen LogP contribution in [0.3, 0.4) is 0 Å². The lowest BCUT2D eigenvalue weighted by atomic mass is 10.0. The number of rotatable bonds is 4. The zero-order chi connectivity index (χ0) is 23.1. The third-order valence-corrected chi connectivity index (χ3v) is 5.46. The van der Waals surface area contributed by atoms with Crippen molar-refractivity contribution in [2.24, 2.45) is 7.05 Å². The summed E-state index contributed by atoms with van der Waals surface area (Å²) in [6.07, 6.45) is 0. The molecule has 164 valence electrons. The number of aromatic nitrogens is 5. The minimum absolute atomic E-state index is 0.320. The Hall–Kier alpha value is -4.33. The molecule has 0 radical (unpaired) electrons. The van der Waals surface area contributed by atoms with Gasteiger partial charge in [0.05, 0.1) is 28.0 Å². The Bertz CT molecular complexity index is 1500. The number of nitrogens with zero attached hydrogens (tertiary/aromatic N) is 5. The van der Waals surface area contributed by atoms with Crippen LogP contribution in [0.15, 0.2) is 66.7 Å². The van der Waals surface area contributed by atoms with E-state index in [1.807, 2.05) is 51.2 Å². The lowest BCUT2D eigenvalue weighted by molar-refractivity contribution is 0.102. The maximum Gasteiger partial charge on any atom is 0.257 e. The first-order valence-electron chi connectivity index (χ1n) is 10.4. The molecule has 1 N–H and O–H groups in total. The zero-order valence-corrected chi connectivity index (χ0v) is 18.4. The van der Waals surface area contributed by atoms with Gasteiger partial charge in [-0.1, -0.05) is 36.4 Å². The van der Waals surface area contributed by atoms with Gasteiger partial charge in [-0.3, -0.25) is 9.48 Å². The molecule has 0 aliphatic carbocycles. The van der Waals surface area contributed by atoms with E-state index < -0.39 is 0 Å². The summed E-state index contributed by atoms with van der Waals surface area (Å²) >= 11 is 0. The van der Waals surface area contributed by atoms with E-state index in [1.165, 1.54) is 12.1 Å². The highest BCUT2D eigenvalue weighted by Gasteiger charge is 2.20. The van der Waals surface area contributed by atoms with Crippen LogP contribution in [0.2, 0.25) is 0 Å². The Kier molecular flexibility index (Phi) is 4.97. The number of hydrogen-bond donors (Lipinski definition) is 1. The molecule has 0 saturated heterocycles. The summed E-state index contributed by atoms with van der Waals surface area (Å²) in [6, 6.07) is 19.3. The molecule has 5 aromatic rings. The van der Waals surface area contributed by atoms with E-state index in [1.54, 1.807) is 33.6 Å². The number of pyridine rings is 1. The van der Waals surface area contributed by atoms with E-state index in [4.69, 9.17) is 4.98 Å². The van der Waals surface area contributed by atoms with E-state index in [0.29, 0.717) is 39.5 Å². The summed E-state index contributed by atoms with van der Waals surface area (Å²) in [5.41, 5.74) is 4.72. The molecule has 0 bridgehead atoms. The molecule has 0 aliphatic heterocycles. The number of nitrogens with one attached hydrogen (secondary N) is 1. The van der Waals surface area contributed by atoms with Crippen LogP contribution in [0.5, 0.6) is 0 Å². The topological polar surface area (TPSA) is 77.6 Å². The molecule has 8 heteroatoms. The van der Waals surface area contributed by atoms with Gasteiger partial charge >= 0.3 is 0 Å². The van der Waals surface area contributed by atoms with Gasteiger partial charge in [-0.25, -0.2) is 14.1 Å². The molecule has 2 aromatic carbocycles. The predicted octanol–water partition coefficient (Wildman–Crippen LogP) is 4.83. The molecular weight excluding hydrogens is 419 g/mol. The first kappa shape index (κ1) is 20.6. The number of aryl methyl sites for hydroxylation is 3. The Labute approximate surface area is 189 Å². The van der Waals surface area contributed by atoms with Crippen molar-refractivity contribution < 1.29 is 9.18 Å². The average molecular weight is 440 g/mol. The maximum absolute atomic E-state index is 13.7. The van der Waals surface area contributed by atoms with Crippen LogP contribution in [0.4, 0.5) is 10.2 Å². The summed E-state index contributed by atoms with van der Waals surface area (Å²) < 4.78 is 16.9. The number of carbonyl (C=O) groups excluding carboxylic acids is 1. The number of halogens is 1. The second-order valence-electron chi connectivity index (χ2n) is 7.85. The lowest BCUT2D eigenvalue weighted by Gasteiger charge is -2.08. The van der Waals surface area contributed by atoms with Crippen LogP contribution in [0, 0.1) is 19.7 Å². The van der Waals surface area contributed by atoms with Gasteiger partial charge < -0.3 is 5.32 Å². The van der Waals surface area contributed by atoms with Crippen LogP contribution in [-0.4, -0.2) is 30.5 Å². The normalized spacial score (nSPS) is 11.2. The van der Waals surface area contributed by atoms with Crippen molar-refractivity contribution in [2.45, 2.75) is 13.8 Å². The van der Waals surface area contributed by atoms with Crippen molar-refractivity contribution >= 4 is 22.8 Å². The number of hydrogen-bond acceptors (Lipinski definition) is 4. The van der Waals surface area contributed by atoms with Crippen LogP contribution >= 0.6 is 0 Å². The van der Waals surface area contributed by atoms with Gasteiger partial charge in [0.2, 0.25) is 0 Å². The van der Waals surface area contributed by atoms with E-state index >= 15 is 0 Å². The van der Waals surface area contributed by atoms with Crippen molar-refractivity contribution in [1.82, 2.24) is 24.5 Å². The highest BCUT2D eigenvalue weighted by atomic mass is 19.1. The molecule has 0 fully saturated rings. The van der Waals surface area contributed by atoms with Gasteiger partial charge in [-0.05, 0) is 38.1 Å². The van der Waals surface area contributed by atoms with Gasteiger partial charge in [0.25, 0.3) is 5.91 Å². The van der Waals surface area contributed by atoms with Crippen LogP contribution in [-0.2, 0) is 7.05 Å². The average Bonchev–Trinajstić information content (AvgIpc) is 3.32. The monoisotopic (exact) mass is 440 g/mol. The smallest absolute Gasteiger partial charge is 0.257 e. The molecule has 3 aromatic heterocycles. The van der Waals surface area contributed by atoms with Crippen LogP contribution in [0.1, 0.15) is 21.7 Å². The quantitative estimate of drug-likeness (QED) is 0.434. The van der Waals surface area contributed by atoms with E-state index in [2.05, 4.69) is 15.5 Å². The van der Waals surface area contributed by atoms with Crippen LogP contribution < -0.4 is 5.32 Å². The van der Waals surface area contributed by atoms with Crippen molar-refractivity contribution in [3.63, 3.8) is 0 Å². The van der Waals surface area contributed by atoms with Crippen molar-refractivity contribution in [2.75, 3.05) is 5.32 Å². The van der Waals surface area contributed by atoms with Crippen molar-refractivity contribution in [3.05, 3.63) is 89.5 Å². The molecule has 5 rings (SSSR count). The Morgan fingerprint density at radius 2 is 1.76 bits per heavy atom. The fourth-order valence-electron chi connectivity index (χ4n) is 3.97. The number of amides is 1. The minimum atomic E-state index is -0.354. The SMILES string of the molecule is Cc1nn(C)c2nc(-c3ccccc3)cc(C(=O)Nc3cc(C)n(-c4cccc(F)c4)n3)c12. The van der Waals surface area contributed by atoms with E-state index in [9.17, 15) is 9.18 Å². The third kappa shape index (κ3) is 3.76.